The number of carbonyl (C=O) groups excluding carboxylic acids is 1. The van der Waals surface area contributed by atoms with Crippen LogP contribution in [0.4, 0.5) is 0 Å². The lowest BCUT2D eigenvalue weighted by Crippen LogP contribution is -2.61. The minimum Gasteiger partial charge on any atom is -0.359 e. The molecule has 5 heteroatoms. The molecule has 1 spiro atoms. The summed E-state index contributed by atoms with van der Waals surface area (Å²) in [5, 5.41) is 0. The van der Waals surface area contributed by atoms with Gasteiger partial charge in [0.05, 0.1) is 5.60 Å². The van der Waals surface area contributed by atoms with Crippen molar-refractivity contribution < 1.29 is 9.53 Å². The molecule has 172 valence electrons. The maximum absolute atomic E-state index is 13.2. The molecule has 0 saturated carbocycles. The molecule has 1 amide bonds. The molecule has 0 aromatic heterocycles. The summed E-state index contributed by atoms with van der Waals surface area (Å²) in [7, 11) is 4.00. The maximum Gasteiger partial charge on any atom is 0.253 e. The summed E-state index contributed by atoms with van der Waals surface area (Å²) in [6, 6.07) is 17.0. The van der Waals surface area contributed by atoms with Gasteiger partial charge in [0.15, 0.2) is 0 Å². The number of ether oxygens (including phenoxy) is 1. The standard InChI is InChI=1S/C27H37N3O2/c1-21-14-22(2)16-24(15-21)18-30-12-10-27(11-13-30)20-28(3)19-25(32-27)26(31)29(4)17-23-8-6-5-7-9-23/h5-9,14-16,25H,10-13,17-20H2,1-4H3. The van der Waals surface area contributed by atoms with Crippen LogP contribution in [0, 0.1) is 13.8 Å². The molecule has 2 heterocycles. The van der Waals surface area contributed by atoms with Gasteiger partial charge in [0.2, 0.25) is 0 Å². The molecule has 4 rings (SSSR count). The fourth-order valence-corrected chi connectivity index (χ4v) is 5.34. The van der Waals surface area contributed by atoms with Crippen molar-refractivity contribution in [2.75, 3.05) is 40.3 Å². The van der Waals surface area contributed by atoms with Gasteiger partial charge < -0.3 is 14.5 Å². The summed E-state index contributed by atoms with van der Waals surface area (Å²) in [6.07, 6.45) is 1.54. The highest BCUT2D eigenvalue weighted by Crippen LogP contribution is 2.33. The van der Waals surface area contributed by atoms with Crippen molar-refractivity contribution in [3.8, 4) is 0 Å². The van der Waals surface area contributed by atoms with Crippen molar-refractivity contribution in [1.29, 1.82) is 0 Å². The number of hydrogen-bond acceptors (Lipinski definition) is 4. The molecule has 2 aliphatic rings. The van der Waals surface area contributed by atoms with E-state index in [0.717, 1.165) is 44.6 Å². The maximum atomic E-state index is 13.2. The zero-order chi connectivity index (χ0) is 22.7. The van der Waals surface area contributed by atoms with E-state index in [-0.39, 0.29) is 11.5 Å². The number of carbonyl (C=O) groups is 1. The highest BCUT2D eigenvalue weighted by molar-refractivity contribution is 5.81. The van der Waals surface area contributed by atoms with E-state index in [2.05, 4.69) is 61.0 Å². The fourth-order valence-electron chi connectivity index (χ4n) is 5.34. The monoisotopic (exact) mass is 435 g/mol. The summed E-state index contributed by atoms with van der Waals surface area (Å²) >= 11 is 0. The van der Waals surface area contributed by atoms with Crippen LogP contribution in [0.3, 0.4) is 0 Å². The Kier molecular flexibility index (Phi) is 6.99. The van der Waals surface area contributed by atoms with Gasteiger partial charge in [0.25, 0.3) is 5.91 Å². The number of hydrogen-bond donors (Lipinski definition) is 0. The van der Waals surface area contributed by atoms with Crippen molar-refractivity contribution in [3.63, 3.8) is 0 Å². The summed E-state index contributed by atoms with van der Waals surface area (Å²) < 4.78 is 6.58. The molecule has 0 radical (unpaired) electrons. The first-order chi connectivity index (χ1) is 15.3. The third kappa shape index (κ3) is 5.58. The Morgan fingerprint density at radius 2 is 1.72 bits per heavy atom. The first kappa shape index (κ1) is 23.0. The van der Waals surface area contributed by atoms with Crippen LogP contribution in [0.5, 0.6) is 0 Å². The lowest BCUT2D eigenvalue weighted by molar-refractivity contribution is -0.188. The summed E-state index contributed by atoms with van der Waals surface area (Å²) in [5.41, 5.74) is 4.95. The fraction of sp³-hybridized carbons (Fsp3) is 0.519. The molecular formula is C27H37N3O2. The van der Waals surface area contributed by atoms with Gasteiger partial charge in [-0.15, -0.1) is 0 Å². The predicted molar refractivity (Wildman–Crippen MR) is 128 cm³/mol. The lowest BCUT2D eigenvalue weighted by atomic mass is 9.88. The van der Waals surface area contributed by atoms with Crippen molar-refractivity contribution in [2.24, 2.45) is 0 Å². The van der Waals surface area contributed by atoms with E-state index in [9.17, 15) is 4.79 Å². The first-order valence-electron chi connectivity index (χ1n) is 11.8. The molecule has 0 N–H and O–H groups in total. The van der Waals surface area contributed by atoms with E-state index < -0.39 is 6.10 Å². The van der Waals surface area contributed by atoms with Crippen molar-refractivity contribution >= 4 is 5.91 Å². The van der Waals surface area contributed by atoms with Crippen LogP contribution in [-0.2, 0) is 22.6 Å². The van der Waals surface area contributed by atoms with Gasteiger partial charge in [-0.1, -0.05) is 59.7 Å². The number of likely N-dealkylation sites (tertiary alicyclic amines) is 1. The second-order valence-corrected chi connectivity index (χ2v) is 9.94. The number of aryl methyl sites for hydroxylation is 2. The molecule has 2 fully saturated rings. The summed E-state index contributed by atoms with van der Waals surface area (Å²) in [4.78, 5) is 19.8. The van der Waals surface area contributed by atoms with Crippen LogP contribution in [0.25, 0.3) is 0 Å². The summed E-state index contributed by atoms with van der Waals surface area (Å²) in [6.45, 7) is 9.49. The lowest BCUT2D eigenvalue weighted by Gasteiger charge is -2.49. The Hall–Kier alpha value is -2.21. The van der Waals surface area contributed by atoms with Crippen LogP contribution in [0.2, 0.25) is 0 Å². The number of amides is 1. The Labute approximate surface area is 193 Å². The van der Waals surface area contributed by atoms with Gasteiger partial charge in [-0.2, -0.15) is 0 Å². The third-order valence-electron chi connectivity index (χ3n) is 6.80. The molecule has 1 atom stereocenters. The van der Waals surface area contributed by atoms with E-state index in [1.165, 1.54) is 16.7 Å². The molecule has 2 aromatic carbocycles. The zero-order valence-corrected chi connectivity index (χ0v) is 20.0. The van der Waals surface area contributed by atoms with Gasteiger partial charge in [-0.25, -0.2) is 0 Å². The largest absolute Gasteiger partial charge is 0.359 e. The van der Waals surface area contributed by atoms with Crippen LogP contribution < -0.4 is 0 Å². The Bertz CT molecular complexity index is 902. The number of benzene rings is 2. The van der Waals surface area contributed by atoms with Crippen LogP contribution in [-0.4, -0.2) is 72.6 Å². The second kappa shape index (κ2) is 9.74. The first-order valence-corrected chi connectivity index (χ1v) is 11.8. The normalized spacial score (nSPS) is 21.6. The number of rotatable bonds is 5. The molecule has 0 bridgehead atoms. The Morgan fingerprint density at radius 1 is 1.06 bits per heavy atom. The highest BCUT2D eigenvalue weighted by atomic mass is 16.5. The van der Waals surface area contributed by atoms with Gasteiger partial charge in [0, 0.05) is 46.3 Å². The Morgan fingerprint density at radius 3 is 2.38 bits per heavy atom. The van der Waals surface area contributed by atoms with Gasteiger partial charge in [-0.05, 0) is 44.9 Å². The molecule has 2 aromatic rings. The van der Waals surface area contributed by atoms with Crippen molar-refractivity contribution in [1.82, 2.24) is 14.7 Å². The number of likely N-dealkylation sites (N-methyl/N-ethyl adjacent to an activating group) is 2. The van der Waals surface area contributed by atoms with E-state index >= 15 is 0 Å². The van der Waals surface area contributed by atoms with Gasteiger partial charge >= 0.3 is 0 Å². The quantitative estimate of drug-likeness (QED) is 0.719. The van der Waals surface area contributed by atoms with E-state index in [4.69, 9.17) is 4.74 Å². The Balaban J connectivity index is 1.36. The SMILES string of the molecule is Cc1cc(C)cc(CN2CCC3(CC2)CN(C)CC(C(=O)N(C)Cc2ccccc2)O3)c1. The average Bonchev–Trinajstić information content (AvgIpc) is 2.74. The third-order valence-corrected chi connectivity index (χ3v) is 6.80. The second-order valence-electron chi connectivity index (χ2n) is 9.94. The summed E-state index contributed by atoms with van der Waals surface area (Å²) in [5.74, 6) is 0.0810. The molecule has 32 heavy (non-hydrogen) atoms. The van der Waals surface area contributed by atoms with Gasteiger partial charge in [0.1, 0.15) is 6.10 Å². The molecule has 2 saturated heterocycles. The van der Waals surface area contributed by atoms with Gasteiger partial charge in [-0.3, -0.25) is 9.69 Å². The number of morpholine rings is 1. The van der Waals surface area contributed by atoms with Crippen molar-refractivity contribution in [3.05, 3.63) is 70.8 Å². The van der Waals surface area contributed by atoms with Crippen LogP contribution in [0.15, 0.2) is 48.5 Å². The molecule has 2 aliphatic heterocycles. The zero-order valence-electron chi connectivity index (χ0n) is 20.0. The van der Waals surface area contributed by atoms with Crippen LogP contribution >= 0.6 is 0 Å². The molecule has 5 nitrogen and oxygen atoms in total. The highest BCUT2D eigenvalue weighted by Gasteiger charge is 2.44. The number of piperidine rings is 1. The average molecular weight is 436 g/mol. The van der Waals surface area contributed by atoms with E-state index in [0.29, 0.717) is 13.1 Å². The predicted octanol–water partition coefficient (Wildman–Crippen LogP) is 3.63. The smallest absolute Gasteiger partial charge is 0.253 e. The minimum absolute atomic E-state index is 0.0810. The van der Waals surface area contributed by atoms with Crippen molar-refractivity contribution in [2.45, 2.75) is 51.5 Å². The molecule has 0 aliphatic carbocycles. The topological polar surface area (TPSA) is 36.0 Å². The molecular weight excluding hydrogens is 398 g/mol. The van der Waals surface area contributed by atoms with Crippen LogP contribution in [0.1, 0.15) is 35.1 Å². The van der Waals surface area contributed by atoms with E-state index in [1.54, 1.807) is 0 Å². The number of nitrogens with zero attached hydrogens (tertiary/aromatic N) is 3. The minimum atomic E-state index is -0.395. The van der Waals surface area contributed by atoms with E-state index in [1.807, 2.05) is 30.1 Å². The molecule has 1 unspecified atom stereocenters.